The minimum absolute atomic E-state index is 0.203. The van der Waals surface area contributed by atoms with Gasteiger partial charge >= 0.3 is 0 Å². The van der Waals surface area contributed by atoms with Gasteiger partial charge in [-0.3, -0.25) is 9.59 Å². The van der Waals surface area contributed by atoms with Gasteiger partial charge in [0, 0.05) is 5.02 Å². The molecule has 114 valence electrons. The third kappa shape index (κ3) is 1.52. The highest BCUT2D eigenvalue weighted by Crippen LogP contribution is 2.57. The molecule has 1 aromatic carbocycles. The Morgan fingerprint density at radius 2 is 1.64 bits per heavy atom. The summed E-state index contributed by atoms with van der Waals surface area (Å²) < 4.78 is 5.98. The minimum atomic E-state index is -0.699. The van der Waals surface area contributed by atoms with Gasteiger partial charge in [-0.1, -0.05) is 29.8 Å². The summed E-state index contributed by atoms with van der Waals surface area (Å²) in [6.45, 7) is 5.63. The van der Waals surface area contributed by atoms with Crippen molar-refractivity contribution in [1.82, 2.24) is 0 Å². The first-order valence-corrected chi connectivity index (χ1v) is 7.69. The zero-order chi connectivity index (χ0) is 15.9. The smallest absolute Gasteiger partial charge is 0.241 e. The molecule has 2 saturated heterocycles. The molecular formula is C17H16ClNO3. The van der Waals surface area contributed by atoms with Crippen molar-refractivity contribution in [1.29, 1.82) is 0 Å². The van der Waals surface area contributed by atoms with Crippen molar-refractivity contribution in [2.45, 2.75) is 32.0 Å². The van der Waals surface area contributed by atoms with Crippen LogP contribution >= 0.6 is 11.6 Å². The number of nitrogens with zero attached hydrogens (tertiary/aromatic N) is 1. The number of amides is 2. The fourth-order valence-corrected chi connectivity index (χ4v) is 4.18. The largest absolute Gasteiger partial charge is 0.359 e. The summed E-state index contributed by atoms with van der Waals surface area (Å²) in [7, 11) is 0. The summed E-state index contributed by atoms with van der Waals surface area (Å²) >= 11 is 6.15. The molecule has 0 radical (unpaired) electrons. The van der Waals surface area contributed by atoms with Gasteiger partial charge in [0.2, 0.25) is 11.8 Å². The Labute approximate surface area is 133 Å². The lowest BCUT2D eigenvalue weighted by Gasteiger charge is -2.25. The first kappa shape index (κ1) is 14.0. The fraction of sp³-hybridized carbons (Fsp3) is 0.412. The van der Waals surface area contributed by atoms with E-state index in [1.54, 1.807) is 12.1 Å². The summed E-state index contributed by atoms with van der Waals surface area (Å²) in [6, 6.07) is 5.26. The quantitative estimate of drug-likeness (QED) is 0.591. The van der Waals surface area contributed by atoms with E-state index < -0.39 is 23.0 Å². The molecule has 4 nitrogen and oxygen atoms in total. The fourth-order valence-electron chi connectivity index (χ4n) is 4.01. The van der Waals surface area contributed by atoms with Gasteiger partial charge < -0.3 is 4.74 Å². The first-order valence-electron chi connectivity index (χ1n) is 7.31. The van der Waals surface area contributed by atoms with Crippen molar-refractivity contribution in [2.75, 3.05) is 4.90 Å². The third-order valence-corrected chi connectivity index (χ3v) is 5.55. The Bertz CT molecular complexity index is 722. The first-order chi connectivity index (χ1) is 10.3. The number of fused-ring (bicyclic) bond motifs is 5. The van der Waals surface area contributed by atoms with Crippen molar-refractivity contribution in [3.05, 3.63) is 40.9 Å². The molecule has 2 amide bonds. The average Bonchev–Trinajstić information content (AvgIpc) is 2.99. The van der Waals surface area contributed by atoms with Gasteiger partial charge in [-0.15, -0.1) is 0 Å². The summed E-state index contributed by atoms with van der Waals surface area (Å²) in [4.78, 5) is 27.0. The van der Waals surface area contributed by atoms with E-state index in [1.807, 2.05) is 39.0 Å². The maximum Gasteiger partial charge on any atom is 0.241 e. The SMILES string of the molecule is Cc1ccc(N2C(=O)[C@H]3[C@H](C2=O)[C@@]2(C)C=C[C@@]3(C)O2)cc1Cl. The van der Waals surface area contributed by atoms with Crippen LogP contribution < -0.4 is 4.90 Å². The Hall–Kier alpha value is -1.65. The lowest BCUT2D eigenvalue weighted by atomic mass is 9.73. The maximum absolute atomic E-state index is 12.9. The van der Waals surface area contributed by atoms with E-state index in [4.69, 9.17) is 16.3 Å². The molecule has 1 aromatic rings. The van der Waals surface area contributed by atoms with Crippen LogP contribution in [0.1, 0.15) is 19.4 Å². The molecule has 0 N–H and O–H groups in total. The predicted octanol–water partition coefficient (Wildman–Crippen LogP) is 2.87. The second-order valence-corrected chi connectivity index (χ2v) is 7.11. The Morgan fingerprint density at radius 1 is 1.09 bits per heavy atom. The van der Waals surface area contributed by atoms with Crippen LogP contribution in [0.3, 0.4) is 0 Å². The van der Waals surface area contributed by atoms with Gasteiger partial charge in [0.1, 0.15) is 0 Å². The monoisotopic (exact) mass is 317 g/mol. The van der Waals surface area contributed by atoms with E-state index >= 15 is 0 Å². The molecule has 5 heteroatoms. The molecule has 4 atom stereocenters. The molecule has 3 aliphatic rings. The average molecular weight is 318 g/mol. The van der Waals surface area contributed by atoms with E-state index in [0.29, 0.717) is 10.7 Å². The molecule has 22 heavy (non-hydrogen) atoms. The summed E-state index contributed by atoms with van der Waals surface area (Å²) in [5, 5.41) is 0.546. The van der Waals surface area contributed by atoms with E-state index in [1.165, 1.54) is 4.90 Å². The molecule has 0 spiro atoms. The molecule has 0 aliphatic carbocycles. The van der Waals surface area contributed by atoms with Gasteiger partial charge in [0.25, 0.3) is 0 Å². The summed E-state index contributed by atoms with van der Waals surface area (Å²) in [5.41, 5.74) is 0.0467. The standard InChI is InChI=1S/C17H16ClNO3/c1-9-4-5-10(8-11(9)18)19-14(20)12-13(15(19)21)17(3)7-6-16(12,2)22-17/h4-8,12-13H,1-3H3/t12-,13-,16-,17-/m1/s1. The van der Waals surface area contributed by atoms with Crippen LogP contribution in [0.25, 0.3) is 0 Å². The number of halogens is 1. The van der Waals surface area contributed by atoms with Crippen molar-refractivity contribution >= 4 is 29.1 Å². The van der Waals surface area contributed by atoms with Crippen molar-refractivity contribution in [3.8, 4) is 0 Å². The van der Waals surface area contributed by atoms with Crippen LogP contribution in [0, 0.1) is 18.8 Å². The lowest BCUT2D eigenvalue weighted by molar-refractivity contribution is -0.128. The minimum Gasteiger partial charge on any atom is -0.359 e. The third-order valence-electron chi connectivity index (χ3n) is 5.14. The van der Waals surface area contributed by atoms with E-state index in [0.717, 1.165) is 5.56 Å². The molecule has 0 saturated carbocycles. The van der Waals surface area contributed by atoms with Crippen molar-refractivity contribution in [2.24, 2.45) is 11.8 Å². The number of ether oxygens (including phenoxy) is 1. The van der Waals surface area contributed by atoms with Gasteiger partial charge in [0.05, 0.1) is 28.7 Å². The van der Waals surface area contributed by atoms with Gasteiger partial charge in [-0.2, -0.15) is 0 Å². The van der Waals surface area contributed by atoms with Gasteiger partial charge in [-0.25, -0.2) is 4.90 Å². The number of aryl methyl sites for hydroxylation is 1. The lowest BCUT2D eigenvalue weighted by Crippen LogP contribution is -2.39. The number of anilines is 1. The van der Waals surface area contributed by atoms with E-state index in [2.05, 4.69) is 0 Å². The normalized spacial score (nSPS) is 39.0. The summed E-state index contributed by atoms with van der Waals surface area (Å²) in [5.74, 6) is -1.33. The van der Waals surface area contributed by atoms with Gasteiger partial charge in [-0.05, 0) is 38.5 Å². The summed E-state index contributed by atoms with van der Waals surface area (Å²) in [6.07, 6.45) is 3.82. The van der Waals surface area contributed by atoms with E-state index in [9.17, 15) is 9.59 Å². The molecule has 3 aliphatic heterocycles. The Kier molecular flexibility index (Phi) is 2.54. The zero-order valence-electron chi connectivity index (χ0n) is 12.6. The van der Waals surface area contributed by atoms with Gasteiger partial charge in [0.15, 0.2) is 0 Å². The van der Waals surface area contributed by atoms with Crippen LogP contribution in [0.5, 0.6) is 0 Å². The number of carbonyl (C=O) groups is 2. The van der Waals surface area contributed by atoms with E-state index in [-0.39, 0.29) is 11.8 Å². The number of imide groups is 1. The molecule has 0 unspecified atom stereocenters. The number of hydrogen-bond acceptors (Lipinski definition) is 3. The van der Waals surface area contributed by atoms with Crippen molar-refractivity contribution < 1.29 is 14.3 Å². The molecule has 3 heterocycles. The van der Waals surface area contributed by atoms with Crippen LogP contribution in [-0.2, 0) is 14.3 Å². The number of benzene rings is 1. The van der Waals surface area contributed by atoms with Crippen LogP contribution in [0.4, 0.5) is 5.69 Å². The maximum atomic E-state index is 12.9. The highest BCUT2D eigenvalue weighted by molar-refractivity contribution is 6.32. The Morgan fingerprint density at radius 3 is 2.14 bits per heavy atom. The molecule has 0 aromatic heterocycles. The molecule has 2 fully saturated rings. The van der Waals surface area contributed by atoms with Crippen LogP contribution in [0.2, 0.25) is 5.02 Å². The zero-order valence-corrected chi connectivity index (χ0v) is 13.3. The topological polar surface area (TPSA) is 46.6 Å². The molecule has 2 bridgehead atoms. The van der Waals surface area contributed by atoms with Crippen molar-refractivity contribution in [3.63, 3.8) is 0 Å². The second kappa shape index (κ2) is 4.00. The highest BCUT2D eigenvalue weighted by atomic mass is 35.5. The molecule has 4 rings (SSSR count). The number of carbonyl (C=O) groups excluding carboxylic acids is 2. The number of rotatable bonds is 1. The predicted molar refractivity (Wildman–Crippen MR) is 82.7 cm³/mol. The van der Waals surface area contributed by atoms with Crippen LogP contribution in [0.15, 0.2) is 30.4 Å². The highest BCUT2D eigenvalue weighted by Gasteiger charge is 2.70. The molecular weight excluding hydrogens is 302 g/mol. The second-order valence-electron chi connectivity index (χ2n) is 6.70. The van der Waals surface area contributed by atoms with Crippen LogP contribution in [-0.4, -0.2) is 23.0 Å². The Balaban J connectivity index is 1.81. The number of hydrogen-bond donors (Lipinski definition) is 0.